The van der Waals surface area contributed by atoms with Crippen molar-refractivity contribution in [2.24, 2.45) is 5.73 Å². The Labute approximate surface area is 84.1 Å². The summed E-state index contributed by atoms with van der Waals surface area (Å²) in [7, 11) is 1.52. The quantitative estimate of drug-likeness (QED) is 0.649. The number of morpholine rings is 1. The number of nitrogens with two attached hydrogens (primary N) is 1. The Balaban J connectivity index is 2.35. The molecule has 0 saturated carbocycles. The summed E-state index contributed by atoms with van der Waals surface area (Å²) in [5.74, 6) is 0.0258. The van der Waals surface area contributed by atoms with Gasteiger partial charge >= 0.3 is 0 Å². The molecule has 5 heteroatoms. The first-order chi connectivity index (χ1) is 6.77. The molecule has 0 bridgehead atoms. The fraction of sp³-hybridized carbons (Fsp3) is 0.889. The van der Waals surface area contributed by atoms with Crippen LogP contribution in [0.3, 0.4) is 0 Å². The fourth-order valence-corrected chi connectivity index (χ4v) is 1.52. The van der Waals surface area contributed by atoms with Gasteiger partial charge in [0.15, 0.2) is 0 Å². The molecule has 1 saturated heterocycles. The zero-order valence-electron chi connectivity index (χ0n) is 8.57. The maximum atomic E-state index is 11.5. The van der Waals surface area contributed by atoms with Crippen LogP contribution in [0.25, 0.3) is 0 Å². The molecule has 0 aromatic heterocycles. The van der Waals surface area contributed by atoms with Gasteiger partial charge in [-0.15, -0.1) is 0 Å². The molecule has 1 aliphatic rings. The van der Waals surface area contributed by atoms with Gasteiger partial charge in [0.05, 0.1) is 12.7 Å². The van der Waals surface area contributed by atoms with Crippen LogP contribution in [0.5, 0.6) is 0 Å². The molecule has 0 spiro atoms. The third-order valence-electron chi connectivity index (χ3n) is 2.25. The Morgan fingerprint density at radius 1 is 1.71 bits per heavy atom. The lowest BCUT2D eigenvalue weighted by molar-refractivity contribution is -0.142. The number of methoxy groups -OCH3 is 1. The van der Waals surface area contributed by atoms with Crippen molar-refractivity contribution in [3.63, 3.8) is 0 Å². The van der Waals surface area contributed by atoms with Crippen molar-refractivity contribution in [1.29, 1.82) is 0 Å². The second-order valence-corrected chi connectivity index (χ2v) is 3.34. The van der Waals surface area contributed by atoms with Gasteiger partial charge in [0.2, 0.25) is 5.91 Å². The van der Waals surface area contributed by atoms with Gasteiger partial charge in [0, 0.05) is 20.2 Å². The van der Waals surface area contributed by atoms with Crippen molar-refractivity contribution >= 4 is 5.91 Å². The van der Waals surface area contributed by atoms with E-state index >= 15 is 0 Å². The average molecular weight is 202 g/mol. The van der Waals surface area contributed by atoms with Crippen LogP contribution in [0.1, 0.15) is 6.42 Å². The van der Waals surface area contributed by atoms with Crippen LogP contribution < -0.4 is 5.73 Å². The largest absolute Gasteiger partial charge is 0.375 e. The second-order valence-electron chi connectivity index (χ2n) is 3.34. The number of hydrogen-bond donors (Lipinski definition) is 1. The Morgan fingerprint density at radius 3 is 3.14 bits per heavy atom. The van der Waals surface area contributed by atoms with E-state index in [9.17, 15) is 4.79 Å². The van der Waals surface area contributed by atoms with Crippen molar-refractivity contribution in [1.82, 2.24) is 4.90 Å². The number of amides is 1. The molecular weight excluding hydrogens is 184 g/mol. The van der Waals surface area contributed by atoms with Gasteiger partial charge in [0.25, 0.3) is 0 Å². The molecule has 1 aliphatic heterocycles. The molecule has 0 unspecified atom stereocenters. The average Bonchev–Trinajstić information content (AvgIpc) is 2.19. The summed E-state index contributed by atoms with van der Waals surface area (Å²) in [6.45, 7) is 2.63. The van der Waals surface area contributed by atoms with E-state index in [1.807, 2.05) is 0 Å². The van der Waals surface area contributed by atoms with Crippen LogP contribution in [0.2, 0.25) is 0 Å². The van der Waals surface area contributed by atoms with E-state index in [0.717, 1.165) is 6.42 Å². The van der Waals surface area contributed by atoms with Crippen molar-refractivity contribution in [2.75, 3.05) is 40.0 Å². The van der Waals surface area contributed by atoms with Gasteiger partial charge in [-0.25, -0.2) is 0 Å². The molecule has 0 aromatic carbocycles. The molecule has 0 aromatic rings. The number of ether oxygens (including phenoxy) is 2. The standard InChI is InChI=1S/C9H18N2O3/c1-13-7-9(12)11-4-5-14-8(6-11)2-3-10/h8H,2-7,10H2,1H3/t8-/m1/s1. The van der Waals surface area contributed by atoms with Crippen molar-refractivity contribution in [3.05, 3.63) is 0 Å². The second kappa shape index (κ2) is 5.95. The maximum absolute atomic E-state index is 11.5. The minimum Gasteiger partial charge on any atom is -0.375 e. The molecule has 0 radical (unpaired) electrons. The molecule has 1 heterocycles. The molecule has 2 N–H and O–H groups in total. The van der Waals surface area contributed by atoms with Crippen molar-refractivity contribution in [2.45, 2.75) is 12.5 Å². The van der Waals surface area contributed by atoms with E-state index in [-0.39, 0.29) is 18.6 Å². The summed E-state index contributed by atoms with van der Waals surface area (Å²) < 4.78 is 10.3. The summed E-state index contributed by atoms with van der Waals surface area (Å²) in [6.07, 6.45) is 0.895. The molecule has 5 nitrogen and oxygen atoms in total. The first kappa shape index (κ1) is 11.4. The number of rotatable bonds is 4. The predicted molar refractivity (Wildman–Crippen MR) is 51.9 cm³/mol. The van der Waals surface area contributed by atoms with Gasteiger partial charge in [-0.05, 0) is 13.0 Å². The molecule has 1 atom stereocenters. The summed E-state index contributed by atoms with van der Waals surface area (Å²) in [5, 5.41) is 0. The highest BCUT2D eigenvalue weighted by molar-refractivity contribution is 5.77. The summed E-state index contributed by atoms with van der Waals surface area (Å²) >= 11 is 0. The monoisotopic (exact) mass is 202 g/mol. The van der Waals surface area contributed by atoms with Crippen LogP contribution in [0, 0.1) is 0 Å². The molecule has 0 aliphatic carbocycles. The number of carbonyl (C=O) groups is 1. The topological polar surface area (TPSA) is 64.8 Å². The first-order valence-corrected chi connectivity index (χ1v) is 4.86. The highest BCUT2D eigenvalue weighted by Gasteiger charge is 2.23. The van der Waals surface area contributed by atoms with E-state index < -0.39 is 0 Å². The Morgan fingerprint density at radius 2 is 2.50 bits per heavy atom. The summed E-state index contributed by atoms with van der Waals surface area (Å²) in [4.78, 5) is 13.2. The number of hydrogen-bond acceptors (Lipinski definition) is 4. The van der Waals surface area contributed by atoms with E-state index in [1.165, 1.54) is 7.11 Å². The minimum atomic E-state index is 0.0258. The first-order valence-electron chi connectivity index (χ1n) is 4.86. The SMILES string of the molecule is COCC(=O)N1CCO[C@H](CCN)C1. The Hall–Kier alpha value is -0.650. The highest BCUT2D eigenvalue weighted by Crippen LogP contribution is 2.08. The van der Waals surface area contributed by atoms with E-state index in [0.29, 0.717) is 26.2 Å². The van der Waals surface area contributed by atoms with Crippen molar-refractivity contribution in [3.8, 4) is 0 Å². The smallest absolute Gasteiger partial charge is 0.248 e. The van der Waals surface area contributed by atoms with Gasteiger partial charge in [-0.3, -0.25) is 4.79 Å². The predicted octanol–water partition coefficient (Wildman–Crippen LogP) is -0.791. The van der Waals surface area contributed by atoms with E-state index in [1.54, 1.807) is 4.90 Å². The minimum absolute atomic E-state index is 0.0258. The van der Waals surface area contributed by atoms with Crippen LogP contribution in [-0.2, 0) is 14.3 Å². The van der Waals surface area contributed by atoms with Crippen LogP contribution >= 0.6 is 0 Å². The zero-order chi connectivity index (χ0) is 10.4. The highest BCUT2D eigenvalue weighted by atomic mass is 16.5. The van der Waals surface area contributed by atoms with E-state index in [2.05, 4.69) is 0 Å². The number of carbonyl (C=O) groups excluding carboxylic acids is 1. The molecule has 1 rings (SSSR count). The van der Waals surface area contributed by atoms with Gasteiger partial charge in [0.1, 0.15) is 6.61 Å². The molecule has 1 fully saturated rings. The zero-order valence-corrected chi connectivity index (χ0v) is 8.57. The lowest BCUT2D eigenvalue weighted by atomic mass is 10.2. The lowest BCUT2D eigenvalue weighted by Gasteiger charge is -2.32. The summed E-state index contributed by atoms with van der Waals surface area (Å²) in [5.41, 5.74) is 5.43. The van der Waals surface area contributed by atoms with Crippen LogP contribution in [0.4, 0.5) is 0 Å². The molecule has 82 valence electrons. The lowest BCUT2D eigenvalue weighted by Crippen LogP contribution is -2.47. The third kappa shape index (κ3) is 3.25. The van der Waals surface area contributed by atoms with Gasteiger partial charge in [-0.1, -0.05) is 0 Å². The number of nitrogens with zero attached hydrogens (tertiary/aromatic N) is 1. The molecule has 14 heavy (non-hydrogen) atoms. The molecule has 1 amide bonds. The van der Waals surface area contributed by atoms with Crippen molar-refractivity contribution < 1.29 is 14.3 Å². The van der Waals surface area contributed by atoms with Gasteiger partial charge < -0.3 is 20.1 Å². The van der Waals surface area contributed by atoms with Gasteiger partial charge in [-0.2, -0.15) is 0 Å². The Bertz CT molecular complexity index is 185. The molecular formula is C9H18N2O3. The fourth-order valence-electron chi connectivity index (χ4n) is 1.52. The van der Waals surface area contributed by atoms with Crippen LogP contribution in [-0.4, -0.2) is 56.9 Å². The normalized spacial score (nSPS) is 22.4. The van der Waals surface area contributed by atoms with Crippen LogP contribution in [0.15, 0.2) is 0 Å². The Kier molecular flexibility index (Phi) is 4.86. The third-order valence-corrected chi connectivity index (χ3v) is 2.25. The van der Waals surface area contributed by atoms with E-state index in [4.69, 9.17) is 15.2 Å². The maximum Gasteiger partial charge on any atom is 0.248 e. The summed E-state index contributed by atoms with van der Waals surface area (Å²) in [6, 6.07) is 0.